The molecule has 3 aromatic rings. The van der Waals surface area contributed by atoms with Gasteiger partial charge in [-0.2, -0.15) is 0 Å². The molecular formula is C30H26BrNO5. The first-order valence-electron chi connectivity index (χ1n) is 12.0. The summed E-state index contributed by atoms with van der Waals surface area (Å²) in [4.78, 5) is 26.7. The van der Waals surface area contributed by atoms with Gasteiger partial charge in [-0.25, -0.2) is 4.79 Å². The van der Waals surface area contributed by atoms with Crippen LogP contribution in [0.4, 0.5) is 0 Å². The van der Waals surface area contributed by atoms with Crippen LogP contribution in [-0.4, -0.2) is 25.5 Å². The molecule has 0 aromatic heterocycles. The molecule has 5 rings (SSSR count). The first-order valence-corrected chi connectivity index (χ1v) is 12.8. The van der Waals surface area contributed by atoms with Crippen molar-refractivity contribution in [3.05, 3.63) is 110 Å². The van der Waals surface area contributed by atoms with Crippen molar-refractivity contribution in [3.63, 3.8) is 0 Å². The van der Waals surface area contributed by atoms with Crippen LogP contribution >= 0.6 is 15.9 Å². The zero-order valence-electron chi connectivity index (χ0n) is 20.8. The number of esters is 1. The Morgan fingerprint density at radius 3 is 2.35 bits per heavy atom. The first-order chi connectivity index (χ1) is 17.9. The number of ketones is 1. The maximum Gasteiger partial charge on any atom is 0.336 e. The molecule has 188 valence electrons. The number of ether oxygens (including phenoxy) is 3. The van der Waals surface area contributed by atoms with Crippen LogP contribution in [0.1, 0.15) is 46.8 Å². The highest BCUT2D eigenvalue weighted by Crippen LogP contribution is 2.50. The summed E-state index contributed by atoms with van der Waals surface area (Å²) in [5.41, 5.74) is 5.40. The van der Waals surface area contributed by atoms with Gasteiger partial charge in [0.1, 0.15) is 6.61 Å². The number of carbonyl (C=O) groups is 2. The molecule has 1 atom stereocenters. The number of fused-ring (bicyclic) bond motifs is 2. The molecule has 6 nitrogen and oxygen atoms in total. The lowest BCUT2D eigenvalue weighted by Crippen LogP contribution is -2.29. The van der Waals surface area contributed by atoms with Gasteiger partial charge in [-0.3, -0.25) is 4.79 Å². The van der Waals surface area contributed by atoms with Crippen molar-refractivity contribution in [3.8, 4) is 11.5 Å². The average molecular weight is 560 g/mol. The highest BCUT2D eigenvalue weighted by molar-refractivity contribution is 9.10. The molecule has 1 aliphatic heterocycles. The van der Waals surface area contributed by atoms with Crippen molar-refractivity contribution < 1.29 is 23.8 Å². The van der Waals surface area contributed by atoms with E-state index in [4.69, 9.17) is 14.2 Å². The Kier molecular flexibility index (Phi) is 6.89. The number of methoxy groups -OCH3 is 1. The largest absolute Gasteiger partial charge is 0.490 e. The summed E-state index contributed by atoms with van der Waals surface area (Å²) in [6.07, 6.45) is 0. The molecule has 2 aliphatic rings. The second kappa shape index (κ2) is 10.3. The minimum atomic E-state index is -0.666. The second-order valence-electron chi connectivity index (χ2n) is 8.78. The van der Waals surface area contributed by atoms with Crippen LogP contribution in [0, 0.1) is 0 Å². The van der Waals surface area contributed by atoms with Gasteiger partial charge in [0.2, 0.25) is 0 Å². The van der Waals surface area contributed by atoms with Crippen LogP contribution in [0.5, 0.6) is 11.5 Å². The Hall–Kier alpha value is -3.84. The highest BCUT2D eigenvalue weighted by Gasteiger charge is 2.43. The molecule has 7 heteroatoms. The number of carbonyl (C=O) groups excluding carboxylic acids is 2. The molecule has 0 saturated carbocycles. The second-order valence-corrected chi connectivity index (χ2v) is 9.63. The Morgan fingerprint density at radius 2 is 1.65 bits per heavy atom. The smallest absolute Gasteiger partial charge is 0.336 e. The average Bonchev–Trinajstić information content (AvgIpc) is 3.19. The van der Waals surface area contributed by atoms with E-state index < -0.39 is 11.9 Å². The van der Waals surface area contributed by atoms with Gasteiger partial charge in [0.05, 0.1) is 30.9 Å². The number of halogens is 1. The van der Waals surface area contributed by atoms with Crippen LogP contribution in [0.15, 0.2) is 88.0 Å². The molecule has 37 heavy (non-hydrogen) atoms. The Labute approximate surface area is 224 Å². The summed E-state index contributed by atoms with van der Waals surface area (Å²) >= 11 is 3.70. The molecule has 0 bridgehead atoms. The molecule has 1 aliphatic carbocycles. The van der Waals surface area contributed by atoms with Crippen LogP contribution in [0.2, 0.25) is 0 Å². The molecule has 1 heterocycles. The van der Waals surface area contributed by atoms with Gasteiger partial charge in [-0.05, 0) is 37.1 Å². The van der Waals surface area contributed by atoms with Crippen LogP contribution in [0.25, 0.3) is 5.70 Å². The van der Waals surface area contributed by atoms with E-state index >= 15 is 0 Å². The molecule has 0 saturated heterocycles. The van der Waals surface area contributed by atoms with Gasteiger partial charge < -0.3 is 19.5 Å². The van der Waals surface area contributed by atoms with Crippen LogP contribution in [0.3, 0.4) is 0 Å². The molecule has 0 fully saturated rings. The van der Waals surface area contributed by atoms with Gasteiger partial charge in [0, 0.05) is 26.9 Å². The van der Waals surface area contributed by atoms with E-state index in [-0.39, 0.29) is 5.78 Å². The van der Waals surface area contributed by atoms with E-state index in [1.165, 1.54) is 7.11 Å². The summed E-state index contributed by atoms with van der Waals surface area (Å²) in [6, 6.07) is 21.0. The number of rotatable bonds is 7. The Bertz CT molecular complexity index is 1460. The number of benzene rings is 3. The third kappa shape index (κ3) is 4.44. The van der Waals surface area contributed by atoms with E-state index in [1.54, 1.807) is 0 Å². The minimum absolute atomic E-state index is 0.119. The number of hydrogen-bond acceptors (Lipinski definition) is 6. The summed E-state index contributed by atoms with van der Waals surface area (Å²) in [7, 11) is 1.34. The lowest BCUT2D eigenvalue weighted by Gasteiger charge is -2.30. The summed E-state index contributed by atoms with van der Waals surface area (Å²) in [5, 5.41) is 3.31. The Morgan fingerprint density at radius 1 is 0.973 bits per heavy atom. The zero-order valence-corrected chi connectivity index (χ0v) is 22.3. The van der Waals surface area contributed by atoms with Crippen molar-refractivity contribution in [2.75, 3.05) is 13.7 Å². The Balaban J connectivity index is 1.63. The van der Waals surface area contributed by atoms with E-state index in [0.29, 0.717) is 62.9 Å². The number of allylic oxidation sites excluding steroid dienone is 2. The summed E-state index contributed by atoms with van der Waals surface area (Å²) in [5.74, 6) is -0.195. The summed E-state index contributed by atoms with van der Waals surface area (Å²) < 4.78 is 17.9. The zero-order chi connectivity index (χ0) is 26.1. The van der Waals surface area contributed by atoms with E-state index in [2.05, 4.69) is 21.2 Å². The molecule has 1 N–H and O–H groups in total. The fourth-order valence-electron chi connectivity index (χ4n) is 4.91. The van der Waals surface area contributed by atoms with Gasteiger partial charge in [0.25, 0.3) is 0 Å². The first kappa shape index (κ1) is 24.8. The maximum absolute atomic E-state index is 13.7. The maximum atomic E-state index is 13.7. The molecular weight excluding hydrogens is 534 g/mol. The van der Waals surface area contributed by atoms with Crippen LogP contribution in [-0.2, 0) is 16.1 Å². The quantitative estimate of drug-likeness (QED) is 0.349. The van der Waals surface area contributed by atoms with Gasteiger partial charge in [0.15, 0.2) is 17.3 Å². The molecule has 3 aromatic carbocycles. The SMILES string of the molecule is CCOc1cc([C@H]2C(C(=O)OC)=C(C)NC3=C2C(=O)c2ccccc23)c(Br)cc1OCc1ccccc1. The number of dihydropyridines is 1. The number of hydrogen-bond donors (Lipinski definition) is 1. The topological polar surface area (TPSA) is 73.9 Å². The van der Waals surface area contributed by atoms with E-state index in [1.807, 2.05) is 80.6 Å². The van der Waals surface area contributed by atoms with Crippen molar-refractivity contribution >= 4 is 33.4 Å². The fraction of sp³-hybridized carbons (Fsp3) is 0.200. The van der Waals surface area contributed by atoms with E-state index in [0.717, 1.165) is 11.1 Å². The molecule has 0 radical (unpaired) electrons. The molecule has 0 amide bonds. The number of Topliss-reactive ketones (excluding diaryl/α,β-unsaturated/α-hetero) is 1. The standard InChI is InChI=1S/C30H26BrNO5/c1-4-36-23-14-21(22(31)15-24(23)37-16-18-10-6-5-7-11-18)26-25(30(34)35-3)17(2)32-28-19-12-8-9-13-20(19)29(33)27(26)28/h5-15,26,32H,4,16H2,1-3H3/t26-/m0/s1. The van der Waals surface area contributed by atoms with Crippen molar-refractivity contribution in [2.24, 2.45) is 0 Å². The van der Waals surface area contributed by atoms with Crippen LogP contribution < -0.4 is 14.8 Å². The van der Waals surface area contributed by atoms with Gasteiger partial charge >= 0.3 is 5.97 Å². The van der Waals surface area contributed by atoms with Crippen molar-refractivity contribution in [2.45, 2.75) is 26.4 Å². The van der Waals surface area contributed by atoms with Gasteiger partial charge in [-0.15, -0.1) is 0 Å². The monoisotopic (exact) mass is 559 g/mol. The third-order valence-corrected chi connectivity index (χ3v) is 7.25. The molecule has 0 spiro atoms. The minimum Gasteiger partial charge on any atom is -0.490 e. The molecule has 0 unspecified atom stereocenters. The lowest BCUT2D eigenvalue weighted by molar-refractivity contribution is -0.136. The fourth-order valence-corrected chi connectivity index (χ4v) is 5.46. The normalized spacial score (nSPS) is 16.2. The number of nitrogens with one attached hydrogen (secondary N) is 1. The summed E-state index contributed by atoms with van der Waals surface area (Å²) in [6.45, 7) is 4.51. The predicted octanol–water partition coefficient (Wildman–Crippen LogP) is 6.17. The van der Waals surface area contributed by atoms with Gasteiger partial charge in [-0.1, -0.05) is 70.5 Å². The lowest BCUT2D eigenvalue weighted by atomic mass is 9.79. The van der Waals surface area contributed by atoms with Crippen molar-refractivity contribution in [1.82, 2.24) is 5.32 Å². The third-order valence-electron chi connectivity index (χ3n) is 6.57. The van der Waals surface area contributed by atoms with E-state index in [9.17, 15) is 9.59 Å². The highest BCUT2D eigenvalue weighted by atomic mass is 79.9. The van der Waals surface area contributed by atoms with Crippen molar-refractivity contribution in [1.29, 1.82) is 0 Å². The predicted molar refractivity (Wildman–Crippen MR) is 144 cm³/mol.